The highest BCUT2D eigenvalue weighted by atomic mass is 16.6. The summed E-state index contributed by atoms with van der Waals surface area (Å²) in [5.74, 6) is 0.00181. The molecule has 0 saturated carbocycles. The number of hydrogen-bond donors (Lipinski definition) is 2. The highest BCUT2D eigenvalue weighted by Gasteiger charge is 1.98. The van der Waals surface area contributed by atoms with Gasteiger partial charge in [0.2, 0.25) is 11.9 Å². The zero-order chi connectivity index (χ0) is 8.97. The number of aromatic nitrogens is 3. The number of nitrogen functional groups attached to an aromatic ring is 2. The average molecular weight is 169 g/mol. The maximum atomic E-state index is 5.25. The Morgan fingerprint density at radius 1 is 1.17 bits per heavy atom. The van der Waals surface area contributed by atoms with E-state index in [1.807, 2.05) is 0 Å². The largest absolute Gasteiger partial charge is 0.383 e. The van der Waals surface area contributed by atoms with E-state index in [0.717, 1.165) is 0 Å². The highest BCUT2D eigenvalue weighted by Crippen LogP contribution is 2.06. The summed E-state index contributed by atoms with van der Waals surface area (Å²) in [5.41, 5.74) is 10.5. The first-order valence-electron chi connectivity index (χ1n) is 2.93. The Kier molecular flexibility index (Phi) is 2.31. The number of nitrogens with two attached hydrogens (primary N) is 2. The van der Waals surface area contributed by atoms with Gasteiger partial charge < -0.3 is 16.3 Å². The van der Waals surface area contributed by atoms with E-state index in [9.17, 15) is 0 Å². The molecule has 0 saturated heterocycles. The van der Waals surface area contributed by atoms with Crippen LogP contribution in [0, 0.1) is 0 Å². The van der Waals surface area contributed by atoms with Crippen molar-refractivity contribution in [3.8, 4) is 0 Å². The Morgan fingerprint density at radius 2 is 1.75 bits per heavy atom. The number of rotatable bonds is 2. The van der Waals surface area contributed by atoms with Crippen molar-refractivity contribution in [2.75, 3.05) is 18.6 Å². The molecule has 0 amide bonds. The summed E-state index contributed by atoms with van der Waals surface area (Å²) < 4.78 is 0. The van der Waals surface area contributed by atoms with Gasteiger partial charge in [0.1, 0.15) is 7.11 Å². The summed E-state index contributed by atoms with van der Waals surface area (Å²) in [6.45, 7) is 0. The van der Waals surface area contributed by atoms with E-state index in [1.54, 1.807) is 0 Å². The fraction of sp³-hybridized carbons (Fsp3) is 0.250. The van der Waals surface area contributed by atoms with E-state index in [0.29, 0.717) is 0 Å². The maximum absolute atomic E-state index is 5.25. The van der Waals surface area contributed by atoms with E-state index in [-0.39, 0.29) is 17.8 Å². The molecule has 0 fully saturated rings. The molecule has 0 spiro atoms. The van der Waals surface area contributed by atoms with Gasteiger partial charge in [-0.05, 0) is 0 Å². The maximum Gasteiger partial charge on any atom is 0.278 e. The third-order valence-corrected chi connectivity index (χ3v) is 0.870. The zero-order valence-corrected chi connectivity index (χ0v) is 6.30. The average Bonchev–Trinajstić information content (AvgIpc) is 1.99. The van der Waals surface area contributed by atoms with Gasteiger partial charge in [0.15, 0.2) is 0 Å². The lowest BCUT2D eigenvalue weighted by molar-refractivity contribution is 0.190. The monoisotopic (exact) mass is 169 g/mol. The van der Waals surface area contributed by atoms with Gasteiger partial charge in [-0.1, -0.05) is 5.11 Å². The smallest absolute Gasteiger partial charge is 0.278 e. The molecular formula is C4H7N7O. The van der Waals surface area contributed by atoms with Crippen LogP contribution in [0.1, 0.15) is 0 Å². The lowest BCUT2D eigenvalue weighted by atomic mass is 10.8. The van der Waals surface area contributed by atoms with Gasteiger partial charge in [-0.15, -0.1) is 0 Å². The lowest BCUT2D eigenvalue weighted by Crippen LogP contribution is -2.01. The molecule has 0 aliphatic rings. The molecule has 0 bridgehead atoms. The third-order valence-electron chi connectivity index (χ3n) is 0.870. The first-order chi connectivity index (χ1) is 5.72. The molecule has 8 nitrogen and oxygen atoms in total. The van der Waals surface area contributed by atoms with Crippen LogP contribution in [0.2, 0.25) is 0 Å². The van der Waals surface area contributed by atoms with E-state index in [2.05, 4.69) is 30.2 Å². The van der Waals surface area contributed by atoms with Gasteiger partial charge >= 0.3 is 0 Å². The summed E-state index contributed by atoms with van der Waals surface area (Å²) in [4.78, 5) is 15.0. The van der Waals surface area contributed by atoms with Crippen LogP contribution in [0.4, 0.5) is 17.8 Å². The van der Waals surface area contributed by atoms with Crippen LogP contribution in [0.3, 0.4) is 0 Å². The lowest BCUT2D eigenvalue weighted by Gasteiger charge is -1.94. The van der Waals surface area contributed by atoms with Gasteiger partial charge in [-0.2, -0.15) is 15.0 Å². The number of hydrogen-bond acceptors (Lipinski definition) is 8. The van der Waals surface area contributed by atoms with Crippen molar-refractivity contribution in [1.82, 2.24) is 15.0 Å². The van der Waals surface area contributed by atoms with Gasteiger partial charge in [0.25, 0.3) is 5.95 Å². The molecule has 1 aromatic rings. The molecule has 1 heterocycles. The number of anilines is 2. The molecular weight excluding hydrogens is 162 g/mol. The standard InChI is InChI=1S/C4H7N7O/c1-12-11-10-4-8-2(5)7-3(6)9-4/h1H3,(H4,5,6,7,8,9). The van der Waals surface area contributed by atoms with Crippen molar-refractivity contribution >= 4 is 17.8 Å². The Labute approximate surface area is 67.6 Å². The molecule has 1 aromatic heterocycles. The van der Waals surface area contributed by atoms with E-state index < -0.39 is 0 Å². The fourth-order valence-corrected chi connectivity index (χ4v) is 0.519. The van der Waals surface area contributed by atoms with Gasteiger partial charge in [-0.3, -0.25) is 0 Å². The first-order valence-corrected chi connectivity index (χ1v) is 2.93. The summed E-state index contributed by atoms with van der Waals surface area (Å²) in [5, 5.41) is 6.61. The topological polar surface area (TPSA) is 125 Å². The zero-order valence-electron chi connectivity index (χ0n) is 6.30. The molecule has 1 rings (SSSR count). The van der Waals surface area contributed by atoms with Gasteiger partial charge in [0, 0.05) is 5.28 Å². The van der Waals surface area contributed by atoms with Crippen molar-refractivity contribution in [2.45, 2.75) is 0 Å². The van der Waals surface area contributed by atoms with E-state index in [4.69, 9.17) is 11.5 Å². The van der Waals surface area contributed by atoms with Crippen LogP contribution in [0.15, 0.2) is 10.4 Å². The predicted octanol–water partition coefficient (Wildman–Crippen LogP) is -0.319. The van der Waals surface area contributed by atoms with Crippen molar-refractivity contribution in [3.63, 3.8) is 0 Å². The van der Waals surface area contributed by atoms with E-state index in [1.165, 1.54) is 7.11 Å². The third kappa shape index (κ3) is 2.01. The second kappa shape index (κ2) is 3.42. The Bertz CT molecular complexity index is 277. The molecule has 0 radical (unpaired) electrons. The normalized spacial score (nSPS) is 10.4. The molecule has 0 atom stereocenters. The molecule has 0 aromatic carbocycles. The molecule has 0 aliphatic carbocycles. The first kappa shape index (κ1) is 8.11. The van der Waals surface area contributed by atoms with Crippen LogP contribution in [-0.2, 0) is 4.84 Å². The molecule has 64 valence electrons. The second-order valence-corrected chi connectivity index (χ2v) is 1.72. The van der Waals surface area contributed by atoms with Crippen LogP contribution >= 0.6 is 0 Å². The SMILES string of the molecule is CON=Nc1nc(N)nc(N)n1. The predicted molar refractivity (Wildman–Crippen MR) is 40.2 cm³/mol. The van der Waals surface area contributed by atoms with Crippen molar-refractivity contribution in [2.24, 2.45) is 10.4 Å². The minimum Gasteiger partial charge on any atom is -0.383 e. The Balaban J connectivity index is 2.93. The highest BCUT2D eigenvalue weighted by molar-refractivity contribution is 5.32. The molecule has 4 N–H and O–H groups in total. The van der Waals surface area contributed by atoms with Crippen molar-refractivity contribution < 1.29 is 4.84 Å². The summed E-state index contributed by atoms with van der Waals surface area (Å²) >= 11 is 0. The molecule has 0 aliphatic heterocycles. The van der Waals surface area contributed by atoms with Gasteiger partial charge in [0.05, 0.1) is 0 Å². The molecule has 8 heteroatoms. The van der Waals surface area contributed by atoms with Crippen LogP contribution < -0.4 is 11.5 Å². The molecule has 0 unspecified atom stereocenters. The van der Waals surface area contributed by atoms with E-state index >= 15 is 0 Å². The fourth-order valence-electron chi connectivity index (χ4n) is 0.519. The van der Waals surface area contributed by atoms with Crippen molar-refractivity contribution in [1.29, 1.82) is 0 Å². The molecule has 12 heavy (non-hydrogen) atoms. The number of nitrogens with zero attached hydrogens (tertiary/aromatic N) is 5. The minimum absolute atomic E-state index is 0.00690. The van der Waals surface area contributed by atoms with Gasteiger partial charge in [-0.25, -0.2) is 0 Å². The van der Waals surface area contributed by atoms with Crippen LogP contribution in [-0.4, -0.2) is 22.1 Å². The summed E-state index contributed by atoms with van der Waals surface area (Å²) in [6, 6.07) is 0. The summed E-state index contributed by atoms with van der Waals surface area (Å²) in [7, 11) is 1.34. The van der Waals surface area contributed by atoms with Crippen LogP contribution in [0.5, 0.6) is 0 Å². The summed E-state index contributed by atoms with van der Waals surface area (Å²) in [6.07, 6.45) is 0. The second-order valence-electron chi connectivity index (χ2n) is 1.72. The van der Waals surface area contributed by atoms with Crippen molar-refractivity contribution in [3.05, 3.63) is 0 Å². The Morgan fingerprint density at radius 3 is 2.25 bits per heavy atom. The Hall–Kier alpha value is -1.99. The quantitative estimate of drug-likeness (QED) is 0.461. The van der Waals surface area contributed by atoms with Crippen LogP contribution in [0.25, 0.3) is 0 Å². The minimum atomic E-state index is -0.00690.